The number of ether oxygens (including phenoxy) is 1. The maximum absolute atomic E-state index is 12.9. The van der Waals surface area contributed by atoms with Gasteiger partial charge in [-0.1, -0.05) is 19.9 Å². The second kappa shape index (κ2) is 4.70. The first kappa shape index (κ1) is 15.4. The van der Waals surface area contributed by atoms with E-state index in [9.17, 15) is 8.42 Å². The third kappa shape index (κ3) is 1.94. The van der Waals surface area contributed by atoms with E-state index in [1.165, 1.54) is 6.42 Å². The molecule has 3 fully saturated rings. The number of nitrogens with zero attached hydrogens (tertiary/aromatic N) is 2. The highest BCUT2D eigenvalue weighted by molar-refractivity contribution is 7.89. The zero-order chi connectivity index (χ0) is 16.5. The van der Waals surface area contributed by atoms with Crippen LogP contribution in [0, 0.1) is 16.7 Å². The number of methoxy groups -OCH3 is 1. The van der Waals surface area contributed by atoms with Crippen LogP contribution in [0.1, 0.15) is 38.8 Å². The van der Waals surface area contributed by atoms with Gasteiger partial charge in [0.25, 0.3) is 0 Å². The van der Waals surface area contributed by atoms with Crippen LogP contribution in [0.3, 0.4) is 0 Å². The van der Waals surface area contributed by atoms with Crippen molar-refractivity contribution < 1.29 is 13.2 Å². The lowest BCUT2D eigenvalue weighted by Crippen LogP contribution is -2.41. The van der Waals surface area contributed by atoms with Gasteiger partial charge in [-0.25, -0.2) is 13.4 Å². The number of hydrogen-bond acceptors (Lipinski definition) is 4. The van der Waals surface area contributed by atoms with Crippen LogP contribution in [0.5, 0.6) is 5.88 Å². The lowest BCUT2D eigenvalue weighted by Gasteiger charge is -2.37. The van der Waals surface area contributed by atoms with Gasteiger partial charge in [0.1, 0.15) is 0 Å². The fourth-order valence-corrected chi connectivity index (χ4v) is 7.93. The van der Waals surface area contributed by atoms with Gasteiger partial charge in [-0.15, -0.1) is 0 Å². The Kier molecular flexibility index (Phi) is 3.14. The van der Waals surface area contributed by atoms with Crippen molar-refractivity contribution in [3.63, 3.8) is 0 Å². The molecule has 0 N–H and O–H groups in total. The minimum absolute atomic E-state index is 0.0740. The number of rotatable bonds is 3. The van der Waals surface area contributed by atoms with Crippen LogP contribution in [0.25, 0.3) is 0 Å². The average molecular weight is 336 g/mol. The van der Waals surface area contributed by atoms with Gasteiger partial charge in [0, 0.05) is 17.5 Å². The van der Waals surface area contributed by atoms with E-state index in [2.05, 4.69) is 18.8 Å². The molecule has 1 spiro atoms. The molecule has 2 aliphatic carbocycles. The molecule has 4 rings (SSSR count). The third-order valence-electron chi connectivity index (χ3n) is 6.84. The predicted octanol–water partition coefficient (Wildman–Crippen LogP) is 2.43. The van der Waals surface area contributed by atoms with E-state index in [1.54, 1.807) is 17.5 Å². The Hall–Kier alpha value is -1.14. The van der Waals surface area contributed by atoms with Gasteiger partial charge in [0.2, 0.25) is 15.9 Å². The van der Waals surface area contributed by atoms with Crippen LogP contribution in [0.4, 0.5) is 0 Å². The van der Waals surface area contributed by atoms with Gasteiger partial charge in [-0.2, -0.15) is 4.31 Å². The molecule has 1 aliphatic heterocycles. The fourth-order valence-electron chi connectivity index (χ4n) is 5.40. The number of fused-ring (bicyclic) bond motifs is 1. The van der Waals surface area contributed by atoms with Crippen LogP contribution < -0.4 is 4.74 Å². The third-order valence-corrected chi connectivity index (χ3v) is 8.82. The summed E-state index contributed by atoms with van der Waals surface area (Å²) in [7, 11) is -1.65. The van der Waals surface area contributed by atoms with Gasteiger partial charge >= 0.3 is 0 Å². The molecular formula is C17H24N2O3S. The van der Waals surface area contributed by atoms with Crippen molar-refractivity contribution in [3.8, 4) is 5.88 Å². The molecule has 3 aliphatic rings. The van der Waals surface area contributed by atoms with Crippen LogP contribution in [0.15, 0.2) is 18.2 Å². The summed E-state index contributed by atoms with van der Waals surface area (Å²) in [6.45, 7) is 4.90. The van der Waals surface area contributed by atoms with Crippen LogP contribution >= 0.6 is 0 Å². The molecule has 0 radical (unpaired) electrons. The monoisotopic (exact) mass is 336 g/mol. The SMILES string of the molecule is COc1cccc(CN2[C@H]3C[C@H]4CCC3(CS2(=O)=O)C4(C)C)n1. The highest BCUT2D eigenvalue weighted by Gasteiger charge is 2.71. The van der Waals surface area contributed by atoms with E-state index in [4.69, 9.17) is 4.74 Å². The Morgan fingerprint density at radius 1 is 1.39 bits per heavy atom. The summed E-state index contributed by atoms with van der Waals surface area (Å²) >= 11 is 0. The topological polar surface area (TPSA) is 59.5 Å². The standard InChI is InChI=1S/C17H24N2O3S/c1-16(2)12-7-8-17(16)11-23(20,21)19(14(17)9-12)10-13-5-4-6-15(18-13)22-3/h4-6,12,14H,7-11H2,1-3H3/t12-,14+,17?/m1/s1. The van der Waals surface area contributed by atoms with E-state index in [-0.39, 0.29) is 16.9 Å². The Labute approximate surface area is 138 Å². The Bertz CT molecular complexity index is 746. The van der Waals surface area contributed by atoms with E-state index >= 15 is 0 Å². The van der Waals surface area contributed by atoms with Crippen molar-refractivity contribution >= 4 is 10.0 Å². The molecule has 1 unspecified atom stereocenters. The summed E-state index contributed by atoms with van der Waals surface area (Å²) < 4.78 is 32.6. The highest BCUT2D eigenvalue weighted by atomic mass is 32.2. The smallest absolute Gasteiger partial charge is 0.215 e. The Morgan fingerprint density at radius 3 is 2.87 bits per heavy atom. The number of hydrogen-bond donors (Lipinski definition) is 0. The lowest BCUT2D eigenvalue weighted by atomic mass is 9.69. The highest BCUT2D eigenvalue weighted by Crippen LogP contribution is 2.70. The Balaban J connectivity index is 1.69. The van der Waals surface area contributed by atoms with E-state index < -0.39 is 10.0 Å². The molecule has 2 saturated carbocycles. The van der Waals surface area contributed by atoms with Crippen LogP contribution in [-0.4, -0.2) is 36.6 Å². The molecule has 1 aromatic rings. The van der Waals surface area contributed by atoms with E-state index in [1.807, 2.05) is 12.1 Å². The lowest BCUT2D eigenvalue weighted by molar-refractivity contribution is 0.111. The van der Waals surface area contributed by atoms with Crippen molar-refractivity contribution in [1.82, 2.24) is 9.29 Å². The van der Waals surface area contributed by atoms with Crippen molar-refractivity contribution in [2.75, 3.05) is 12.9 Å². The quantitative estimate of drug-likeness (QED) is 0.850. The molecule has 23 heavy (non-hydrogen) atoms. The Morgan fingerprint density at radius 2 is 2.17 bits per heavy atom. The van der Waals surface area contributed by atoms with Crippen molar-refractivity contribution in [2.24, 2.45) is 16.7 Å². The zero-order valence-corrected chi connectivity index (χ0v) is 14.8. The van der Waals surface area contributed by atoms with Crippen LogP contribution in [0.2, 0.25) is 0 Å². The first-order valence-electron chi connectivity index (χ1n) is 8.30. The summed E-state index contributed by atoms with van der Waals surface area (Å²) in [6, 6.07) is 5.66. The van der Waals surface area contributed by atoms with Crippen LogP contribution in [-0.2, 0) is 16.6 Å². The predicted molar refractivity (Wildman–Crippen MR) is 87.5 cm³/mol. The minimum atomic E-state index is -3.23. The van der Waals surface area contributed by atoms with Gasteiger partial charge in [0.15, 0.2) is 0 Å². The average Bonchev–Trinajstić information content (AvgIpc) is 2.97. The molecule has 1 saturated heterocycles. The second-order valence-corrected chi connectivity index (χ2v) is 9.76. The summed E-state index contributed by atoms with van der Waals surface area (Å²) in [4.78, 5) is 4.40. The number of aromatic nitrogens is 1. The zero-order valence-electron chi connectivity index (χ0n) is 13.9. The maximum Gasteiger partial charge on any atom is 0.215 e. The van der Waals surface area contributed by atoms with E-state index in [0.29, 0.717) is 24.1 Å². The molecular weight excluding hydrogens is 312 g/mol. The van der Waals surface area contributed by atoms with Gasteiger partial charge < -0.3 is 4.74 Å². The van der Waals surface area contributed by atoms with Crippen molar-refractivity contribution in [1.29, 1.82) is 0 Å². The summed E-state index contributed by atoms with van der Waals surface area (Å²) in [5.41, 5.74) is 0.793. The van der Waals surface area contributed by atoms with E-state index in [0.717, 1.165) is 18.5 Å². The first-order valence-corrected chi connectivity index (χ1v) is 9.90. The fraction of sp³-hybridized carbons (Fsp3) is 0.706. The number of sulfonamides is 1. The van der Waals surface area contributed by atoms with Crippen molar-refractivity contribution in [3.05, 3.63) is 23.9 Å². The van der Waals surface area contributed by atoms with Gasteiger partial charge in [-0.3, -0.25) is 0 Å². The molecule has 3 atom stereocenters. The molecule has 0 aromatic carbocycles. The second-order valence-electron chi connectivity index (χ2n) is 7.84. The molecule has 5 nitrogen and oxygen atoms in total. The number of pyridine rings is 1. The molecule has 126 valence electrons. The summed E-state index contributed by atoms with van der Waals surface area (Å²) in [6.07, 6.45) is 3.21. The minimum Gasteiger partial charge on any atom is -0.481 e. The normalized spacial score (nSPS) is 37.0. The molecule has 2 bridgehead atoms. The molecule has 1 aromatic heterocycles. The maximum atomic E-state index is 12.9. The summed E-state index contributed by atoms with van der Waals surface area (Å²) in [5.74, 6) is 1.48. The van der Waals surface area contributed by atoms with Crippen molar-refractivity contribution in [2.45, 2.75) is 45.7 Å². The van der Waals surface area contributed by atoms with Gasteiger partial charge in [-0.05, 0) is 36.7 Å². The molecule has 6 heteroatoms. The largest absolute Gasteiger partial charge is 0.481 e. The first-order chi connectivity index (χ1) is 10.8. The van der Waals surface area contributed by atoms with Gasteiger partial charge in [0.05, 0.1) is 25.1 Å². The molecule has 0 amide bonds. The summed E-state index contributed by atoms with van der Waals surface area (Å²) in [5, 5.41) is 0. The molecule has 2 heterocycles.